The third-order valence-electron chi connectivity index (χ3n) is 5.81. The van der Waals surface area contributed by atoms with Gasteiger partial charge in [-0.25, -0.2) is 0 Å². The second-order valence-corrected chi connectivity index (χ2v) is 8.58. The van der Waals surface area contributed by atoms with Gasteiger partial charge in [0.05, 0.1) is 0 Å². The van der Waals surface area contributed by atoms with E-state index < -0.39 is 0 Å². The van der Waals surface area contributed by atoms with Crippen molar-refractivity contribution in [2.45, 2.75) is 70.8 Å². The van der Waals surface area contributed by atoms with Gasteiger partial charge >= 0.3 is 0 Å². The zero-order valence-electron chi connectivity index (χ0n) is 13.9. The molecular weight excluding hydrogens is 254 g/mol. The molecular formula is C20H31N. The maximum Gasteiger partial charge on any atom is 0.00820 e. The van der Waals surface area contributed by atoms with Crippen molar-refractivity contribution in [2.75, 3.05) is 0 Å². The summed E-state index contributed by atoms with van der Waals surface area (Å²) in [4.78, 5) is 0. The molecule has 1 heteroatoms. The number of fused-ring (bicyclic) bond motifs is 2. The van der Waals surface area contributed by atoms with Crippen LogP contribution < -0.4 is 5.73 Å². The molecule has 1 aromatic carbocycles. The zero-order chi connectivity index (χ0) is 15.0. The molecule has 2 aliphatic carbocycles. The summed E-state index contributed by atoms with van der Waals surface area (Å²) < 4.78 is 0. The molecule has 0 spiro atoms. The van der Waals surface area contributed by atoms with Crippen molar-refractivity contribution < 1.29 is 0 Å². The Morgan fingerprint density at radius 2 is 1.81 bits per heavy atom. The second kappa shape index (κ2) is 5.76. The molecule has 0 aromatic heterocycles. The minimum absolute atomic E-state index is 0.240. The lowest BCUT2D eigenvalue weighted by Gasteiger charge is -2.25. The molecule has 0 aliphatic heterocycles. The SMILES string of the molecule is CC(C)(C)c1ccc(CC(N)CC2CC3CCC2C3)cc1. The van der Waals surface area contributed by atoms with Gasteiger partial charge in [-0.1, -0.05) is 51.5 Å². The van der Waals surface area contributed by atoms with E-state index in [1.807, 2.05) is 0 Å². The lowest BCUT2D eigenvalue weighted by atomic mass is 9.83. The van der Waals surface area contributed by atoms with E-state index in [2.05, 4.69) is 45.0 Å². The van der Waals surface area contributed by atoms with E-state index in [0.29, 0.717) is 6.04 Å². The molecule has 2 saturated carbocycles. The number of benzene rings is 1. The molecule has 0 heterocycles. The molecule has 2 fully saturated rings. The number of hydrogen-bond acceptors (Lipinski definition) is 1. The van der Waals surface area contributed by atoms with E-state index in [4.69, 9.17) is 5.73 Å². The molecule has 0 radical (unpaired) electrons. The van der Waals surface area contributed by atoms with Crippen LogP contribution in [-0.2, 0) is 11.8 Å². The van der Waals surface area contributed by atoms with Gasteiger partial charge in [0.1, 0.15) is 0 Å². The number of nitrogens with two attached hydrogens (primary N) is 1. The van der Waals surface area contributed by atoms with Gasteiger partial charge in [0.2, 0.25) is 0 Å². The molecule has 2 aliphatic rings. The lowest BCUT2D eigenvalue weighted by molar-refractivity contribution is 0.294. The molecule has 21 heavy (non-hydrogen) atoms. The minimum Gasteiger partial charge on any atom is -0.327 e. The predicted molar refractivity (Wildman–Crippen MR) is 90.4 cm³/mol. The fourth-order valence-corrected chi connectivity index (χ4v) is 4.58. The highest BCUT2D eigenvalue weighted by molar-refractivity contribution is 5.28. The van der Waals surface area contributed by atoms with Gasteiger partial charge < -0.3 is 5.73 Å². The quantitative estimate of drug-likeness (QED) is 0.854. The van der Waals surface area contributed by atoms with E-state index in [1.54, 1.807) is 0 Å². The maximum absolute atomic E-state index is 6.44. The van der Waals surface area contributed by atoms with Crippen LogP contribution in [-0.4, -0.2) is 6.04 Å². The first-order chi connectivity index (χ1) is 9.91. The lowest BCUT2D eigenvalue weighted by Crippen LogP contribution is -2.28. The van der Waals surface area contributed by atoms with Gasteiger partial charge in [-0.2, -0.15) is 0 Å². The van der Waals surface area contributed by atoms with Crippen molar-refractivity contribution in [3.8, 4) is 0 Å². The Hall–Kier alpha value is -0.820. The molecule has 0 saturated heterocycles. The third-order valence-corrected chi connectivity index (χ3v) is 5.81. The van der Waals surface area contributed by atoms with Gasteiger partial charge in [-0.3, -0.25) is 0 Å². The molecule has 116 valence electrons. The van der Waals surface area contributed by atoms with Gasteiger partial charge in [-0.15, -0.1) is 0 Å². The zero-order valence-corrected chi connectivity index (χ0v) is 13.9. The summed E-state index contributed by atoms with van der Waals surface area (Å²) in [6.07, 6.45) is 8.20. The normalized spacial score (nSPS) is 29.8. The smallest absolute Gasteiger partial charge is 0.00820 e. The summed E-state index contributed by atoms with van der Waals surface area (Å²) in [5, 5.41) is 0. The fourth-order valence-electron chi connectivity index (χ4n) is 4.58. The Labute approximate surface area is 130 Å². The fraction of sp³-hybridized carbons (Fsp3) is 0.700. The van der Waals surface area contributed by atoms with Crippen LogP contribution in [0.1, 0.15) is 64.0 Å². The van der Waals surface area contributed by atoms with E-state index in [0.717, 1.165) is 24.2 Å². The number of rotatable bonds is 4. The Morgan fingerprint density at radius 1 is 1.10 bits per heavy atom. The number of hydrogen-bond donors (Lipinski definition) is 1. The minimum atomic E-state index is 0.240. The summed E-state index contributed by atoms with van der Waals surface area (Å²) >= 11 is 0. The Balaban J connectivity index is 1.54. The van der Waals surface area contributed by atoms with E-state index in [1.165, 1.54) is 43.2 Å². The summed E-state index contributed by atoms with van der Waals surface area (Å²) in [7, 11) is 0. The second-order valence-electron chi connectivity index (χ2n) is 8.58. The van der Waals surface area contributed by atoms with E-state index in [9.17, 15) is 0 Å². The van der Waals surface area contributed by atoms with Gasteiger partial charge in [0, 0.05) is 6.04 Å². The molecule has 4 unspecified atom stereocenters. The van der Waals surface area contributed by atoms with Gasteiger partial charge in [-0.05, 0) is 66.4 Å². The first-order valence-corrected chi connectivity index (χ1v) is 8.77. The van der Waals surface area contributed by atoms with Crippen molar-refractivity contribution in [1.29, 1.82) is 0 Å². The Bertz CT molecular complexity index is 468. The third kappa shape index (κ3) is 3.51. The monoisotopic (exact) mass is 285 g/mol. The van der Waals surface area contributed by atoms with Gasteiger partial charge in [0.25, 0.3) is 0 Å². The highest BCUT2D eigenvalue weighted by Crippen LogP contribution is 2.49. The first kappa shape index (κ1) is 15.1. The highest BCUT2D eigenvalue weighted by Gasteiger charge is 2.39. The van der Waals surface area contributed by atoms with Crippen LogP contribution in [0.3, 0.4) is 0 Å². The van der Waals surface area contributed by atoms with Crippen molar-refractivity contribution in [2.24, 2.45) is 23.5 Å². The molecule has 4 atom stereocenters. The average molecular weight is 285 g/mol. The van der Waals surface area contributed by atoms with Crippen LogP contribution in [0.4, 0.5) is 0 Å². The van der Waals surface area contributed by atoms with E-state index >= 15 is 0 Å². The topological polar surface area (TPSA) is 26.0 Å². The largest absolute Gasteiger partial charge is 0.327 e. The maximum atomic E-state index is 6.44. The summed E-state index contributed by atoms with van der Waals surface area (Å²) in [5.74, 6) is 2.97. The highest BCUT2D eigenvalue weighted by atomic mass is 14.6. The van der Waals surface area contributed by atoms with Crippen LogP contribution in [0.25, 0.3) is 0 Å². The summed E-state index contributed by atoms with van der Waals surface area (Å²) in [6.45, 7) is 6.80. The van der Waals surface area contributed by atoms with Crippen LogP contribution in [0.5, 0.6) is 0 Å². The standard InChI is InChI=1S/C20H31N/c1-20(2,3)18-8-5-14(6-9-18)12-19(21)13-17-11-15-4-7-16(17)10-15/h5-6,8-9,15-17,19H,4,7,10-13,21H2,1-3H3. The van der Waals surface area contributed by atoms with E-state index in [-0.39, 0.29) is 5.41 Å². The van der Waals surface area contributed by atoms with Gasteiger partial charge in [0.15, 0.2) is 0 Å². The molecule has 3 rings (SSSR count). The Kier molecular flexibility index (Phi) is 4.14. The first-order valence-electron chi connectivity index (χ1n) is 8.77. The van der Waals surface area contributed by atoms with Crippen LogP contribution >= 0.6 is 0 Å². The average Bonchev–Trinajstić information content (AvgIpc) is 3.00. The molecule has 1 aromatic rings. The summed E-state index contributed by atoms with van der Waals surface area (Å²) in [6, 6.07) is 9.46. The molecule has 0 amide bonds. The van der Waals surface area contributed by atoms with Crippen LogP contribution in [0.15, 0.2) is 24.3 Å². The van der Waals surface area contributed by atoms with Crippen molar-refractivity contribution >= 4 is 0 Å². The van der Waals surface area contributed by atoms with Crippen molar-refractivity contribution in [1.82, 2.24) is 0 Å². The molecule has 1 nitrogen and oxygen atoms in total. The van der Waals surface area contributed by atoms with Crippen molar-refractivity contribution in [3.05, 3.63) is 35.4 Å². The molecule has 2 N–H and O–H groups in total. The van der Waals surface area contributed by atoms with Crippen LogP contribution in [0.2, 0.25) is 0 Å². The molecule has 2 bridgehead atoms. The summed E-state index contributed by atoms with van der Waals surface area (Å²) in [5.41, 5.74) is 9.49. The Morgan fingerprint density at radius 3 is 2.33 bits per heavy atom. The predicted octanol–water partition coefficient (Wildman–Crippen LogP) is 4.68. The van der Waals surface area contributed by atoms with Crippen molar-refractivity contribution in [3.63, 3.8) is 0 Å². The van der Waals surface area contributed by atoms with Crippen LogP contribution in [0, 0.1) is 17.8 Å².